The molecule has 31 heavy (non-hydrogen) atoms. The predicted octanol–water partition coefficient (Wildman–Crippen LogP) is 2.55. The van der Waals surface area contributed by atoms with Crippen LogP contribution in [0.1, 0.15) is 50.5 Å². The molecule has 168 valence electrons. The Balaban J connectivity index is 1.40. The number of nitrogens with zero attached hydrogens (tertiary/aromatic N) is 6. The predicted molar refractivity (Wildman–Crippen MR) is 118 cm³/mol. The Labute approximate surface area is 184 Å². The largest absolute Gasteiger partial charge is 0.492 e. The number of aryl methyl sites for hydroxylation is 2. The van der Waals surface area contributed by atoms with E-state index in [9.17, 15) is 4.79 Å². The van der Waals surface area contributed by atoms with Crippen LogP contribution in [-0.2, 0) is 17.8 Å². The van der Waals surface area contributed by atoms with Gasteiger partial charge in [0.1, 0.15) is 18.7 Å². The highest BCUT2D eigenvalue weighted by Gasteiger charge is 2.22. The Hall–Kier alpha value is -2.48. The lowest BCUT2D eigenvalue weighted by Crippen LogP contribution is -2.41. The van der Waals surface area contributed by atoms with Crippen molar-refractivity contribution in [2.24, 2.45) is 0 Å². The first kappa shape index (κ1) is 21.7. The third kappa shape index (κ3) is 6.50. The molecule has 2 bridgehead atoms. The number of rotatable bonds is 3. The number of carbonyl (C=O) groups excluding carboxylic acids is 1. The average Bonchev–Trinajstić information content (AvgIpc) is 3.32. The molecule has 2 aromatic rings. The first-order valence-corrected chi connectivity index (χ1v) is 11.7. The number of ether oxygens (including phenoxy) is 1. The highest BCUT2D eigenvalue weighted by Crippen LogP contribution is 2.23. The van der Waals surface area contributed by atoms with E-state index < -0.39 is 0 Å². The molecule has 8 nitrogen and oxygen atoms in total. The van der Waals surface area contributed by atoms with Gasteiger partial charge in [-0.1, -0.05) is 18.6 Å². The molecule has 1 amide bonds. The highest BCUT2D eigenvalue weighted by atomic mass is 16.5. The van der Waals surface area contributed by atoms with Gasteiger partial charge in [0.25, 0.3) is 0 Å². The summed E-state index contributed by atoms with van der Waals surface area (Å²) in [5.41, 5.74) is 1.34. The molecular formula is C23H34N6O2. The SMILES string of the molecule is O=C(CCn1cnnn1)N1CCCCN2CCCCC2CCc2cccc(c2)OCC1. The van der Waals surface area contributed by atoms with Crippen LogP contribution in [0, 0.1) is 0 Å². The monoisotopic (exact) mass is 426 g/mol. The fraction of sp³-hybridized carbons (Fsp3) is 0.652. The van der Waals surface area contributed by atoms with Gasteiger partial charge in [0.15, 0.2) is 0 Å². The summed E-state index contributed by atoms with van der Waals surface area (Å²) in [6, 6.07) is 9.14. The zero-order valence-corrected chi connectivity index (χ0v) is 18.4. The van der Waals surface area contributed by atoms with Crippen molar-refractivity contribution in [3.8, 4) is 5.75 Å². The molecule has 0 spiro atoms. The molecule has 1 aromatic heterocycles. The number of hydrogen-bond donors (Lipinski definition) is 0. The van der Waals surface area contributed by atoms with E-state index in [0.29, 0.717) is 32.2 Å². The van der Waals surface area contributed by atoms with E-state index in [1.54, 1.807) is 11.0 Å². The summed E-state index contributed by atoms with van der Waals surface area (Å²) in [5.74, 6) is 1.03. The Bertz CT molecular complexity index is 812. The van der Waals surface area contributed by atoms with Gasteiger partial charge in [-0.2, -0.15) is 0 Å². The highest BCUT2D eigenvalue weighted by molar-refractivity contribution is 5.76. The lowest BCUT2D eigenvalue weighted by molar-refractivity contribution is -0.132. The van der Waals surface area contributed by atoms with Crippen LogP contribution in [0.5, 0.6) is 5.75 Å². The molecule has 1 atom stereocenters. The molecule has 2 aliphatic heterocycles. The smallest absolute Gasteiger partial charge is 0.224 e. The summed E-state index contributed by atoms with van der Waals surface area (Å²) in [6.07, 6.45) is 10.4. The van der Waals surface area contributed by atoms with Crippen molar-refractivity contribution in [3.05, 3.63) is 36.2 Å². The molecule has 2 aliphatic rings. The van der Waals surface area contributed by atoms with Gasteiger partial charge in [-0.15, -0.1) is 5.10 Å². The number of carbonyl (C=O) groups is 1. The average molecular weight is 427 g/mol. The molecule has 1 unspecified atom stereocenters. The number of fused-ring (bicyclic) bond motifs is 3. The maximum absolute atomic E-state index is 12.9. The fourth-order valence-electron chi connectivity index (χ4n) is 4.71. The number of tetrazole rings is 1. The van der Waals surface area contributed by atoms with Crippen molar-refractivity contribution in [2.45, 2.75) is 64.0 Å². The molecule has 0 aliphatic carbocycles. The van der Waals surface area contributed by atoms with Gasteiger partial charge in [0.05, 0.1) is 13.1 Å². The summed E-state index contributed by atoms with van der Waals surface area (Å²) in [6.45, 7) is 4.73. The molecule has 0 saturated carbocycles. The number of amides is 1. The van der Waals surface area contributed by atoms with Crippen LogP contribution in [0.25, 0.3) is 0 Å². The Kier molecular flexibility index (Phi) is 7.87. The van der Waals surface area contributed by atoms with Crippen molar-refractivity contribution in [1.82, 2.24) is 30.0 Å². The third-order valence-corrected chi connectivity index (χ3v) is 6.47. The van der Waals surface area contributed by atoms with E-state index in [0.717, 1.165) is 38.1 Å². The van der Waals surface area contributed by atoms with Crippen molar-refractivity contribution >= 4 is 5.91 Å². The van der Waals surface area contributed by atoms with E-state index in [2.05, 4.69) is 38.6 Å². The molecule has 3 heterocycles. The quantitative estimate of drug-likeness (QED) is 0.751. The Morgan fingerprint density at radius 3 is 2.81 bits per heavy atom. The second-order valence-corrected chi connectivity index (χ2v) is 8.63. The van der Waals surface area contributed by atoms with Crippen LogP contribution in [0.3, 0.4) is 0 Å². The van der Waals surface area contributed by atoms with Gasteiger partial charge in [-0.3, -0.25) is 4.79 Å². The van der Waals surface area contributed by atoms with Crippen molar-refractivity contribution in [2.75, 3.05) is 32.8 Å². The second-order valence-electron chi connectivity index (χ2n) is 8.63. The number of piperidine rings is 1. The summed E-state index contributed by atoms with van der Waals surface area (Å²) >= 11 is 0. The first-order chi connectivity index (χ1) is 15.3. The van der Waals surface area contributed by atoms with E-state index >= 15 is 0 Å². The van der Waals surface area contributed by atoms with Crippen molar-refractivity contribution < 1.29 is 9.53 Å². The van der Waals surface area contributed by atoms with Crippen LogP contribution < -0.4 is 4.74 Å². The maximum atomic E-state index is 12.9. The molecule has 8 heteroatoms. The summed E-state index contributed by atoms with van der Waals surface area (Å²) < 4.78 is 7.62. The lowest BCUT2D eigenvalue weighted by Gasteiger charge is -2.36. The van der Waals surface area contributed by atoms with Crippen LogP contribution in [-0.4, -0.2) is 74.7 Å². The lowest BCUT2D eigenvalue weighted by atomic mass is 9.95. The molecule has 0 radical (unpaired) electrons. The topological polar surface area (TPSA) is 76.4 Å². The van der Waals surface area contributed by atoms with Gasteiger partial charge in [-0.25, -0.2) is 4.68 Å². The van der Waals surface area contributed by atoms with Crippen LogP contribution in [0.2, 0.25) is 0 Å². The second kappa shape index (κ2) is 11.2. The zero-order chi connectivity index (χ0) is 21.3. The fourth-order valence-corrected chi connectivity index (χ4v) is 4.71. The van der Waals surface area contributed by atoms with Gasteiger partial charge in [0, 0.05) is 19.0 Å². The Morgan fingerprint density at radius 2 is 1.94 bits per heavy atom. The molecule has 1 saturated heterocycles. The minimum Gasteiger partial charge on any atom is -0.492 e. The minimum atomic E-state index is 0.132. The number of hydrogen-bond acceptors (Lipinski definition) is 6. The van der Waals surface area contributed by atoms with E-state index in [1.807, 2.05) is 11.0 Å². The van der Waals surface area contributed by atoms with Crippen LogP contribution in [0.4, 0.5) is 0 Å². The molecule has 4 rings (SSSR count). The van der Waals surface area contributed by atoms with Gasteiger partial charge in [-0.05, 0) is 79.7 Å². The van der Waals surface area contributed by atoms with Gasteiger partial charge >= 0.3 is 0 Å². The third-order valence-electron chi connectivity index (χ3n) is 6.47. The normalized spacial score (nSPS) is 21.4. The molecule has 0 N–H and O–H groups in total. The maximum Gasteiger partial charge on any atom is 0.224 e. The van der Waals surface area contributed by atoms with Crippen LogP contribution >= 0.6 is 0 Å². The molecular weight excluding hydrogens is 392 g/mol. The van der Waals surface area contributed by atoms with E-state index in [1.165, 1.54) is 37.8 Å². The van der Waals surface area contributed by atoms with E-state index in [-0.39, 0.29) is 5.91 Å². The number of aromatic nitrogens is 4. The Morgan fingerprint density at radius 1 is 1.06 bits per heavy atom. The standard InChI is InChI=1S/C23H34N6O2/c30-23(11-15-29-19-24-25-26-29)28-14-4-3-13-27-12-2-1-7-21(27)10-9-20-6-5-8-22(18-20)31-17-16-28/h5-6,8,18-19,21H,1-4,7,9-17H2. The van der Waals surface area contributed by atoms with Crippen molar-refractivity contribution in [3.63, 3.8) is 0 Å². The summed E-state index contributed by atoms with van der Waals surface area (Å²) in [5, 5.41) is 11.1. The summed E-state index contributed by atoms with van der Waals surface area (Å²) in [4.78, 5) is 17.5. The first-order valence-electron chi connectivity index (χ1n) is 11.7. The van der Waals surface area contributed by atoms with Crippen molar-refractivity contribution in [1.29, 1.82) is 0 Å². The zero-order valence-electron chi connectivity index (χ0n) is 18.4. The molecule has 1 fully saturated rings. The van der Waals surface area contributed by atoms with E-state index in [4.69, 9.17) is 4.74 Å². The minimum absolute atomic E-state index is 0.132. The number of benzene rings is 1. The van der Waals surface area contributed by atoms with Crippen LogP contribution in [0.15, 0.2) is 30.6 Å². The van der Waals surface area contributed by atoms with Gasteiger partial charge < -0.3 is 14.5 Å². The summed E-state index contributed by atoms with van der Waals surface area (Å²) in [7, 11) is 0. The van der Waals surface area contributed by atoms with Gasteiger partial charge in [0.2, 0.25) is 5.91 Å². The molecule has 1 aromatic carbocycles.